The molecule has 9 heteroatoms. The van der Waals surface area contributed by atoms with Gasteiger partial charge in [-0.25, -0.2) is 9.37 Å². The molecule has 3 aromatic rings. The number of nitrogens with zero attached hydrogens (tertiary/aromatic N) is 1. The largest absolute Gasteiger partial charge is 0.496 e. The Morgan fingerprint density at radius 1 is 1.32 bits per heavy atom. The first-order valence-corrected chi connectivity index (χ1v) is 9.00. The van der Waals surface area contributed by atoms with Crippen LogP contribution in [0.2, 0.25) is 0 Å². The third-order valence-electron chi connectivity index (χ3n) is 3.21. The molecule has 0 aliphatic rings. The van der Waals surface area contributed by atoms with E-state index < -0.39 is 0 Å². The first kappa shape index (κ1) is 17.7. The monoisotopic (exact) mass is 439 g/mol. The van der Waals surface area contributed by atoms with E-state index in [1.807, 2.05) is 0 Å². The highest BCUT2D eigenvalue weighted by Gasteiger charge is 2.12. The minimum absolute atomic E-state index is 0.108. The first-order valence-electron chi connectivity index (χ1n) is 6.98. The van der Waals surface area contributed by atoms with Gasteiger partial charge < -0.3 is 10.1 Å². The second kappa shape index (κ2) is 7.42. The molecule has 128 valence electrons. The van der Waals surface area contributed by atoms with Gasteiger partial charge in [0.2, 0.25) is 0 Å². The Bertz CT molecular complexity index is 977. The molecular formula is C16H11BrFN3O2S2. The zero-order chi connectivity index (χ0) is 18.0. The minimum Gasteiger partial charge on any atom is -0.496 e. The molecule has 25 heavy (non-hydrogen) atoms. The molecule has 0 radical (unpaired) electrons. The summed E-state index contributed by atoms with van der Waals surface area (Å²) >= 11 is 9.71. The van der Waals surface area contributed by atoms with Crippen molar-refractivity contribution in [2.24, 2.45) is 0 Å². The topological polar surface area (TPSA) is 63.2 Å². The molecule has 2 N–H and O–H groups in total. The molecule has 0 fully saturated rings. The summed E-state index contributed by atoms with van der Waals surface area (Å²) in [4.78, 5) is 16.5. The number of hydrogen-bond acceptors (Lipinski definition) is 5. The second-order valence-corrected chi connectivity index (χ2v) is 7.18. The predicted octanol–water partition coefficient (Wildman–Crippen LogP) is 4.33. The van der Waals surface area contributed by atoms with E-state index in [1.54, 1.807) is 31.4 Å². The summed E-state index contributed by atoms with van der Waals surface area (Å²) in [6.07, 6.45) is 0. The van der Waals surface area contributed by atoms with E-state index in [0.717, 1.165) is 0 Å². The van der Waals surface area contributed by atoms with Gasteiger partial charge in [-0.15, -0.1) is 0 Å². The van der Waals surface area contributed by atoms with Gasteiger partial charge in [-0.1, -0.05) is 11.3 Å². The molecule has 0 atom stereocenters. The molecule has 0 aliphatic carbocycles. The van der Waals surface area contributed by atoms with Crippen LogP contribution in [0.5, 0.6) is 5.75 Å². The Hall–Kier alpha value is -2.10. The van der Waals surface area contributed by atoms with Crippen LogP contribution in [0.4, 0.5) is 9.52 Å². The number of nitrogens with one attached hydrogen (secondary N) is 2. The molecular weight excluding hydrogens is 429 g/mol. The summed E-state index contributed by atoms with van der Waals surface area (Å²) in [7, 11) is 1.54. The summed E-state index contributed by atoms with van der Waals surface area (Å²) in [5, 5.41) is 6.00. The van der Waals surface area contributed by atoms with Crippen molar-refractivity contribution in [2.45, 2.75) is 0 Å². The lowest BCUT2D eigenvalue weighted by Gasteiger charge is -2.08. The van der Waals surface area contributed by atoms with Crippen molar-refractivity contribution in [1.29, 1.82) is 0 Å². The van der Waals surface area contributed by atoms with Crippen LogP contribution in [-0.2, 0) is 0 Å². The zero-order valence-corrected chi connectivity index (χ0v) is 16.0. The number of fused-ring (bicyclic) bond motifs is 1. The molecule has 0 bridgehead atoms. The Morgan fingerprint density at radius 2 is 2.12 bits per heavy atom. The number of carbonyl (C=O) groups excluding carboxylic acids is 1. The third kappa shape index (κ3) is 4.12. The van der Waals surface area contributed by atoms with E-state index in [4.69, 9.17) is 17.0 Å². The summed E-state index contributed by atoms with van der Waals surface area (Å²) in [6, 6.07) is 9.27. The van der Waals surface area contributed by atoms with Gasteiger partial charge in [-0.3, -0.25) is 10.1 Å². The normalized spacial score (nSPS) is 10.5. The van der Waals surface area contributed by atoms with E-state index in [-0.39, 0.29) is 16.8 Å². The summed E-state index contributed by atoms with van der Waals surface area (Å²) in [6.45, 7) is 0. The molecule has 1 aromatic heterocycles. The van der Waals surface area contributed by atoms with Crippen molar-refractivity contribution < 1.29 is 13.9 Å². The molecule has 1 amide bonds. The third-order valence-corrected chi connectivity index (χ3v) is 4.97. The number of anilines is 1. The number of thiazole rings is 1. The number of rotatable bonds is 3. The highest BCUT2D eigenvalue weighted by molar-refractivity contribution is 9.10. The van der Waals surface area contributed by atoms with Gasteiger partial charge in [0, 0.05) is 5.56 Å². The van der Waals surface area contributed by atoms with E-state index in [1.165, 1.54) is 23.5 Å². The molecule has 0 aliphatic heterocycles. The van der Waals surface area contributed by atoms with Crippen LogP contribution < -0.4 is 15.4 Å². The lowest BCUT2D eigenvalue weighted by atomic mass is 10.2. The van der Waals surface area contributed by atoms with Gasteiger partial charge in [0.1, 0.15) is 11.6 Å². The number of amides is 1. The maximum Gasteiger partial charge on any atom is 0.257 e. The number of hydrogen-bond donors (Lipinski definition) is 2. The van der Waals surface area contributed by atoms with Crippen LogP contribution in [0.3, 0.4) is 0 Å². The minimum atomic E-state index is -0.368. The maximum atomic E-state index is 13.2. The van der Waals surface area contributed by atoms with Gasteiger partial charge in [-0.05, 0) is 64.5 Å². The highest BCUT2D eigenvalue weighted by Crippen LogP contribution is 2.27. The molecule has 0 unspecified atom stereocenters. The first-order chi connectivity index (χ1) is 12.0. The predicted molar refractivity (Wildman–Crippen MR) is 104 cm³/mol. The Balaban J connectivity index is 1.68. The lowest BCUT2D eigenvalue weighted by molar-refractivity contribution is 0.0977. The molecule has 0 saturated carbocycles. The SMILES string of the molecule is COc1ccc(C(=O)NC(=S)Nc2nc3ccc(F)cc3s2)cc1Br. The maximum absolute atomic E-state index is 13.2. The molecule has 2 aromatic carbocycles. The summed E-state index contributed by atoms with van der Waals surface area (Å²) in [5.74, 6) is -0.0735. The van der Waals surface area contributed by atoms with E-state index >= 15 is 0 Å². The van der Waals surface area contributed by atoms with Crippen molar-refractivity contribution in [3.8, 4) is 5.75 Å². The average Bonchev–Trinajstić information content (AvgIpc) is 2.95. The Labute approximate surface area is 160 Å². The van der Waals surface area contributed by atoms with Crippen LogP contribution in [0, 0.1) is 5.82 Å². The van der Waals surface area contributed by atoms with Crippen molar-refractivity contribution >= 4 is 65.9 Å². The van der Waals surface area contributed by atoms with Crippen molar-refractivity contribution in [3.05, 3.63) is 52.3 Å². The molecule has 3 rings (SSSR count). The molecule has 1 heterocycles. The van der Waals surface area contributed by atoms with Gasteiger partial charge in [-0.2, -0.15) is 0 Å². The standard InChI is InChI=1S/C16H11BrFN3O2S2/c1-23-12-5-2-8(6-10(12)17)14(22)20-15(24)21-16-19-11-4-3-9(18)7-13(11)25-16/h2-7H,1H3,(H2,19,20,21,22,24). The van der Waals surface area contributed by atoms with Crippen LogP contribution >= 0.6 is 39.5 Å². The summed E-state index contributed by atoms with van der Waals surface area (Å²) < 4.78 is 19.7. The van der Waals surface area contributed by atoms with Gasteiger partial charge >= 0.3 is 0 Å². The average molecular weight is 440 g/mol. The van der Waals surface area contributed by atoms with Gasteiger partial charge in [0.25, 0.3) is 5.91 Å². The fourth-order valence-electron chi connectivity index (χ4n) is 2.06. The number of halogens is 2. The number of benzene rings is 2. The molecule has 0 spiro atoms. The number of aromatic nitrogens is 1. The zero-order valence-electron chi connectivity index (χ0n) is 12.8. The van der Waals surface area contributed by atoms with Crippen LogP contribution in [0.25, 0.3) is 10.2 Å². The van der Waals surface area contributed by atoms with Crippen LogP contribution in [0.15, 0.2) is 40.9 Å². The van der Waals surface area contributed by atoms with Crippen LogP contribution in [-0.4, -0.2) is 23.1 Å². The summed E-state index contributed by atoms with van der Waals surface area (Å²) in [5.41, 5.74) is 1.07. The van der Waals surface area contributed by atoms with Crippen LogP contribution in [0.1, 0.15) is 10.4 Å². The van der Waals surface area contributed by atoms with Crippen molar-refractivity contribution in [3.63, 3.8) is 0 Å². The highest BCUT2D eigenvalue weighted by atomic mass is 79.9. The fraction of sp³-hybridized carbons (Fsp3) is 0.0625. The van der Waals surface area contributed by atoms with Gasteiger partial charge in [0.15, 0.2) is 10.2 Å². The number of carbonyl (C=O) groups is 1. The Kier molecular flexibility index (Phi) is 5.26. The second-order valence-electron chi connectivity index (χ2n) is 4.89. The fourth-order valence-corrected chi connectivity index (χ4v) is 3.75. The van der Waals surface area contributed by atoms with E-state index in [2.05, 4.69) is 31.5 Å². The van der Waals surface area contributed by atoms with Crippen molar-refractivity contribution in [2.75, 3.05) is 12.4 Å². The van der Waals surface area contributed by atoms with E-state index in [9.17, 15) is 9.18 Å². The number of ether oxygens (including phenoxy) is 1. The number of thiocarbonyl (C=S) groups is 1. The smallest absolute Gasteiger partial charge is 0.257 e. The number of methoxy groups -OCH3 is 1. The lowest BCUT2D eigenvalue weighted by Crippen LogP contribution is -2.34. The molecule has 5 nitrogen and oxygen atoms in total. The van der Waals surface area contributed by atoms with Crippen molar-refractivity contribution in [1.82, 2.24) is 10.3 Å². The quantitative estimate of drug-likeness (QED) is 0.594. The molecule has 0 saturated heterocycles. The van der Waals surface area contributed by atoms with Gasteiger partial charge in [0.05, 0.1) is 21.8 Å². The van der Waals surface area contributed by atoms with E-state index in [0.29, 0.717) is 31.1 Å². The Morgan fingerprint density at radius 3 is 2.84 bits per heavy atom.